The van der Waals surface area contributed by atoms with Gasteiger partial charge in [0.2, 0.25) is 5.91 Å². The van der Waals surface area contributed by atoms with Crippen LogP contribution < -0.4 is 5.32 Å². The molecular weight excluding hydrogens is 437 g/mol. The van der Waals surface area contributed by atoms with Crippen LogP contribution >= 0.6 is 7.60 Å². The molecule has 1 aromatic rings. The zero-order valence-electron chi connectivity index (χ0n) is 20.8. The summed E-state index contributed by atoms with van der Waals surface area (Å²) >= 11 is 0. The monoisotopic (exact) mass is 481 g/mol. The van der Waals surface area contributed by atoms with Gasteiger partial charge in [-0.2, -0.15) is 0 Å². The van der Waals surface area contributed by atoms with Crippen LogP contribution in [0.2, 0.25) is 0 Å². The first kappa shape index (κ1) is 29.4. The first-order chi connectivity index (χ1) is 15.9. The van der Waals surface area contributed by atoms with Crippen molar-refractivity contribution in [3.05, 3.63) is 41.7 Å². The molecule has 188 valence electrons. The van der Waals surface area contributed by atoms with Crippen molar-refractivity contribution in [2.45, 2.75) is 97.4 Å². The lowest BCUT2D eigenvalue weighted by Crippen LogP contribution is -2.34. The van der Waals surface area contributed by atoms with Gasteiger partial charge < -0.3 is 19.5 Å². The fourth-order valence-electron chi connectivity index (χ4n) is 3.62. The summed E-state index contributed by atoms with van der Waals surface area (Å²) in [6, 6.07) is 6.51. The number of carbonyl (C=O) groups excluding carboxylic acids is 1. The summed E-state index contributed by atoms with van der Waals surface area (Å²) in [7, 11) is -3.35. The van der Waals surface area contributed by atoms with Crippen LogP contribution in [0.25, 0.3) is 0 Å². The molecule has 1 rings (SSSR count). The molecule has 1 atom stereocenters. The van der Waals surface area contributed by atoms with E-state index >= 15 is 0 Å². The van der Waals surface area contributed by atoms with E-state index < -0.39 is 7.60 Å². The van der Waals surface area contributed by atoms with Crippen molar-refractivity contribution in [3.63, 3.8) is 0 Å². The topological polar surface area (TPSA) is 84.9 Å². The van der Waals surface area contributed by atoms with Crippen molar-refractivity contribution in [2.75, 3.05) is 13.2 Å². The van der Waals surface area contributed by atoms with E-state index in [0.717, 1.165) is 18.4 Å². The Hall–Kier alpha value is -1.62. The molecule has 0 aromatic heterocycles. The molecule has 0 fully saturated rings. The minimum absolute atomic E-state index is 0.0194. The van der Waals surface area contributed by atoms with Crippen molar-refractivity contribution in [3.8, 4) is 5.75 Å². The van der Waals surface area contributed by atoms with Gasteiger partial charge in [-0.3, -0.25) is 9.36 Å². The quantitative estimate of drug-likeness (QED) is 0.162. The summed E-state index contributed by atoms with van der Waals surface area (Å²) in [5.41, 5.74) is 0.952. The van der Waals surface area contributed by atoms with Gasteiger partial charge in [0.05, 0.1) is 19.3 Å². The Labute approximate surface area is 200 Å². The SMILES string of the molecule is CCCCCCCCCCCC(=O)N[C@@H](C=CP(=O)(OCC)OCC)Cc1ccc(O)cc1. The molecule has 0 aliphatic rings. The van der Waals surface area contributed by atoms with Gasteiger partial charge in [-0.1, -0.05) is 76.5 Å². The maximum atomic E-state index is 12.8. The summed E-state index contributed by atoms with van der Waals surface area (Å²) in [5.74, 6) is 1.62. The number of nitrogens with one attached hydrogen (secondary N) is 1. The molecule has 1 aromatic carbocycles. The van der Waals surface area contributed by atoms with Crippen LogP contribution in [0, 0.1) is 0 Å². The number of hydrogen-bond donors (Lipinski definition) is 2. The molecule has 0 aliphatic heterocycles. The molecule has 7 heteroatoms. The first-order valence-corrected chi connectivity index (χ1v) is 14.2. The molecule has 0 radical (unpaired) electrons. The molecule has 1 amide bonds. The van der Waals surface area contributed by atoms with Crippen LogP contribution in [0.3, 0.4) is 0 Å². The summed E-state index contributed by atoms with van der Waals surface area (Å²) in [6.45, 7) is 6.30. The van der Waals surface area contributed by atoms with Gasteiger partial charge in [-0.15, -0.1) is 0 Å². The van der Waals surface area contributed by atoms with E-state index in [1.165, 1.54) is 50.8 Å². The van der Waals surface area contributed by atoms with E-state index in [9.17, 15) is 14.5 Å². The number of phenols is 1. The molecule has 0 aliphatic carbocycles. The van der Waals surface area contributed by atoms with Crippen LogP contribution in [-0.2, 0) is 24.8 Å². The second-order valence-electron chi connectivity index (χ2n) is 8.34. The predicted octanol–water partition coefficient (Wildman–Crippen LogP) is 7.12. The number of amides is 1. The van der Waals surface area contributed by atoms with Gasteiger partial charge in [-0.25, -0.2) is 0 Å². The Balaban J connectivity index is 2.58. The van der Waals surface area contributed by atoms with Crippen molar-refractivity contribution in [2.24, 2.45) is 0 Å². The fraction of sp³-hybridized carbons (Fsp3) is 0.654. The van der Waals surface area contributed by atoms with Crippen molar-refractivity contribution >= 4 is 13.5 Å². The average Bonchev–Trinajstić information content (AvgIpc) is 2.78. The lowest BCUT2D eigenvalue weighted by atomic mass is 10.0. The molecule has 0 heterocycles. The van der Waals surface area contributed by atoms with Gasteiger partial charge in [0, 0.05) is 12.2 Å². The highest BCUT2D eigenvalue weighted by molar-refractivity contribution is 7.57. The van der Waals surface area contributed by atoms with Gasteiger partial charge in [0.25, 0.3) is 0 Å². The lowest BCUT2D eigenvalue weighted by molar-refractivity contribution is -0.121. The zero-order chi connectivity index (χ0) is 24.4. The number of aromatic hydroxyl groups is 1. The van der Waals surface area contributed by atoms with Crippen molar-refractivity contribution in [1.29, 1.82) is 0 Å². The molecule has 2 N–H and O–H groups in total. The van der Waals surface area contributed by atoms with Crippen molar-refractivity contribution < 1.29 is 23.5 Å². The lowest BCUT2D eigenvalue weighted by Gasteiger charge is -2.18. The third-order valence-corrected chi connectivity index (χ3v) is 7.14. The molecule has 0 saturated heterocycles. The Morgan fingerprint density at radius 1 is 0.939 bits per heavy atom. The number of phenolic OH excluding ortho intramolecular Hbond substituents is 1. The van der Waals surface area contributed by atoms with Crippen LogP contribution in [0.4, 0.5) is 0 Å². The Bertz CT molecular complexity index is 710. The number of hydrogen-bond acceptors (Lipinski definition) is 5. The normalized spacial score (nSPS) is 12.8. The van der Waals surface area contributed by atoms with E-state index in [1.54, 1.807) is 32.1 Å². The van der Waals surface area contributed by atoms with E-state index in [4.69, 9.17) is 9.05 Å². The molecule has 0 bridgehead atoms. The third kappa shape index (κ3) is 14.3. The maximum Gasteiger partial charge on any atom is 0.353 e. The second-order valence-corrected chi connectivity index (χ2v) is 10.2. The first-order valence-electron chi connectivity index (χ1n) is 12.6. The van der Waals surface area contributed by atoms with Crippen LogP contribution in [0.5, 0.6) is 5.75 Å². The van der Waals surface area contributed by atoms with E-state index in [0.29, 0.717) is 12.8 Å². The van der Waals surface area contributed by atoms with E-state index in [-0.39, 0.29) is 30.9 Å². The third-order valence-electron chi connectivity index (χ3n) is 5.36. The fourth-order valence-corrected chi connectivity index (χ4v) is 5.01. The smallest absolute Gasteiger partial charge is 0.353 e. The van der Waals surface area contributed by atoms with E-state index in [1.807, 2.05) is 12.1 Å². The van der Waals surface area contributed by atoms with E-state index in [2.05, 4.69) is 12.2 Å². The maximum absolute atomic E-state index is 12.8. The molecule has 6 nitrogen and oxygen atoms in total. The Kier molecular flexibility index (Phi) is 15.9. The van der Waals surface area contributed by atoms with Gasteiger partial charge >= 0.3 is 7.60 Å². The second kappa shape index (κ2) is 17.8. The summed E-state index contributed by atoms with van der Waals surface area (Å²) in [6.07, 6.45) is 13.5. The summed E-state index contributed by atoms with van der Waals surface area (Å²) < 4.78 is 23.4. The highest BCUT2D eigenvalue weighted by Gasteiger charge is 2.20. The van der Waals surface area contributed by atoms with Crippen LogP contribution in [-0.4, -0.2) is 30.3 Å². The largest absolute Gasteiger partial charge is 0.508 e. The molecule has 0 saturated carbocycles. The summed E-state index contributed by atoms with van der Waals surface area (Å²) in [4.78, 5) is 12.6. The molecule has 0 spiro atoms. The van der Waals surface area contributed by atoms with Gasteiger partial charge in [0.1, 0.15) is 5.75 Å². The standard InChI is InChI=1S/C26H44NO5P/c1-4-7-8-9-10-11-12-13-14-15-26(29)27-24(22-23-16-18-25(28)19-17-23)20-21-33(30,31-5-2)32-6-3/h16-21,24,28H,4-15,22H2,1-3H3,(H,27,29)/t24-/m0/s1. The highest BCUT2D eigenvalue weighted by atomic mass is 31.2. The minimum atomic E-state index is -3.35. The number of carbonyl (C=O) groups is 1. The molecule has 0 unspecified atom stereocenters. The van der Waals surface area contributed by atoms with Crippen molar-refractivity contribution in [1.82, 2.24) is 5.32 Å². The molecular formula is C26H44NO5P. The molecule has 33 heavy (non-hydrogen) atoms. The average molecular weight is 482 g/mol. The van der Waals surface area contributed by atoms with Gasteiger partial charge in [-0.05, 0) is 44.4 Å². The Morgan fingerprint density at radius 3 is 2.03 bits per heavy atom. The highest BCUT2D eigenvalue weighted by Crippen LogP contribution is 2.49. The van der Waals surface area contributed by atoms with Crippen LogP contribution in [0.15, 0.2) is 36.2 Å². The summed E-state index contributed by atoms with van der Waals surface area (Å²) in [5, 5.41) is 12.6. The van der Waals surface area contributed by atoms with Crippen LogP contribution in [0.1, 0.15) is 90.5 Å². The number of benzene rings is 1. The minimum Gasteiger partial charge on any atom is -0.508 e. The zero-order valence-corrected chi connectivity index (χ0v) is 21.7. The predicted molar refractivity (Wildman–Crippen MR) is 136 cm³/mol. The Morgan fingerprint density at radius 2 is 1.48 bits per heavy atom. The number of rotatable bonds is 19. The number of unbranched alkanes of at least 4 members (excludes halogenated alkanes) is 8. The van der Waals surface area contributed by atoms with Gasteiger partial charge in [0.15, 0.2) is 0 Å².